The zero-order valence-corrected chi connectivity index (χ0v) is 25.2. The van der Waals surface area contributed by atoms with Crippen molar-refractivity contribution in [2.45, 2.75) is 44.7 Å². The monoisotopic (exact) mass is 602 g/mol. The number of nitrogens with zero attached hydrogens (tertiary/aromatic N) is 1. The predicted molar refractivity (Wildman–Crippen MR) is 159 cm³/mol. The summed E-state index contributed by atoms with van der Waals surface area (Å²) in [5, 5.41) is 9.36. The SMILES string of the molecule is COC(=O)CCNC(=O)C(CCC(C)=O)N(C)C(=O)c1ccc(OC)cc1.O=C(NC1CCNC1)c1cccc(Cl)c1. The number of likely N-dealkylation sites (N-methyl/N-ethyl adjacent to an activating group) is 1. The summed E-state index contributed by atoms with van der Waals surface area (Å²) >= 11 is 5.81. The van der Waals surface area contributed by atoms with Gasteiger partial charge in [0.1, 0.15) is 17.6 Å². The predicted octanol–water partition coefficient (Wildman–Crippen LogP) is 2.62. The highest BCUT2D eigenvalue weighted by Gasteiger charge is 2.28. The second kappa shape index (κ2) is 17.8. The molecule has 2 aromatic carbocycles. The number of rotatable bonds is 12. The number of amides is 3. The van der Waals surface area contributed by atoms with Crippen LogP contribution >= 0.6 is 11.6 Å². The van der Waals surface area contributed by atoms with Crippen molar-refractivity contribution >= 4 is 41.1 Å². The normalized spacial score (nSPS) is 14.5. The summed E-state index contributed by atoms with van der Waals surface area (Å²) in [4.78, 5) is 60.8. The molecule has 1 aliphatic heterocycles. The van der Waals surface area contributed by atoms with Crippen molar-refractivity contribution in [2.24, 2.45) is 0 Å². The molecule has 3 amide bonds. The molecule has 0 spiro atoms. The minimum atomic E-state index is -0.832. The molecule has 11 nitrogen and oxygen atoms in total. The Kier molecular flexibility index (Phi) is 14.5. The number of carbonyl (C=O) groups is 5. The van der Waals surface area contributed by atoms with Gasteiger partial charge in [0.15, 0.2) is 0 Å². The number of esters is 1. The number of Topliss-reactive ketones (excluding diaryl/α,β-unsaturated/α-hetero) is 1. The molecule has 2 unspecified atom stereocenters. The highest BCUT2D eigenvalue weighted by atomic mass is 35.5. The maximum absolute atomic E-state index is 12.7. The second-order valence-electron chi connectivity index (χ2n) is 9.69. The van der Waals surface area contributed by atoms with Crippen LogP contribution in [0.15, 0.2) is 48.5 Å². The summed E-state index contributed by atoms with van der Waals surface area (Å²) in [6, 6.07) is 12.9. The van der Waals surface area contributed by atoms with Gasteiger partial charge in [0, 0.05) is 48.7 Å². The summed E-state index contributed by atoms with van der Waals surface area (Å²) in [6.07, 6.45) is 1.37. The number of nitrogens with one attached hydrogen (secondary N) is 3. The Balaban J connectivity index is 0.000000343. The highest BCUT2D eigenvalue weighted by Crippen LogP contribution is 2.16. The van der Waals surface area contributed by atoms with Crippen molar-refractivity contribution in [3.05, 3.63) is 64.7 Å². The minimum absolute atomic E-state index is 0.0256. The lowest BCUT2D eigenvalue weighted by molar-refractivity contribution is -0.140. The van der Waals surface area contributed by atoms with Crippen molar-refractivity contribution in [1.29, 1.82) is 0 Å². The molecular weight excluding hydrogens is 564 g/mol. The van der Waals surface area contributed by atoms with E-state index in [1.807, 2.05) is 0 Å². The number of benzene rings is 2. The van der Waals surface area contributed by atoms with Crippen molar-refractivity contribution in [1.82, 2.24) is 20.9 Å². The highest BCUT2D eigenvalue weighted by molar-refractivity contribution is 6.30. The molecule has 228 valence electrons. The molecule has 0 radical (unpaired) electrons. The second-order valence-corrected chi connectivity index (χ2v) is 10.1. The summed E-state index contributed by atoms with van der Waals surface area (Å²) in [7, 11) is 4.30. The van der Waals surface area contributed by atoms with E-state index in [1.54, 1.807) is 48.5 Å². The van der Waals surface area contributed by atoms with Crippen molar-refractivity contribution in [2.75, 3.05) is 40.9 Å². The lowest BCUT2D eigenvalue weighted by Crippen LogP contribution is -2.48. The number of methoxy groups -OCH3 is 2. The van der Waals surface area contributed by atoms with Gasteiger partial charge in [-0.2, -0.15) is 0 Å². The minimum Gasteiger partial charge on any atom is -0.497 e. The summed E-state index contributed by atoms with van der Waals surface area (Å²) < 4.78 is 9.59. The van der Waals surface area contributed by atoms with E-state index in [9.17, 15) is 24.0 Å². The van der Waals surface area contributed by atoms with Crippen LogP contribution in [0.25, 0.3) is 0 Å². The molecule has 3 rings (SSSR count). The Morgan fingerprint density at radius 2 is 1.76 bits per heavy atom. The lowest BCUT2D eigenvalue weighted by atomic mass is 10.1. The molecule has 2 atom stereocenters. The topological polar surface area (TPSA) is 143 Å². The molecule has 1 heterocycles. The lowest BCUT2D eigenvalue weighted by Gasteiger charge is -2.27. The molecular formula is C30H39ClN4O7. The van der Waals surface area contributed by atoms with Crippen LogP contribution in [0.1, 0.15) is 53.3 Å². The van der Waals surface area contributed by atoms with E-state index in [2.05, 4.69) is 20.7 Å². The molecule has 1 saturated heterocycles. The first-order chi connectivity index (χ1) is 20.0. The van der Waals surface area contributed by atoms with Crippen LogP contribution in [0.3, 0.4) is 0 Å². The van der Waals surface area contributed by atoms with Crippen molar-refractivity contribution in [3.63, 3.8) is 0 Å². The third-order valence-electron chi connectivity index (χ3n) is 6.54. The Morgan fingerprint density at radius 1 is 1.05 bits per heavy atom. The molecule has 3 N–H and O–H groups in total. The molecule has 0 bridgehead atoms. The largest absolute Gasteiger partial charge is 0.497 e. The third-order valence-corrected chi connectivity index (χ3v) is 6.77. The van der Waals surface area contributed by atoms with Crippen LogP contribution < -0.4 is 20.7 Å². The molecule has 1 fully saturated rings. The average molecular weight is 603 g/mol. The fourth-order valence-electron chi connectivity index (χ4n) is 4.10. The van der Waals surface area contributed by atoms with Gasteiger partial charge in [-0.05, 0) is 68.8 Å². The van der Waals surface area contributed by atoms with Gasteiger partial charge in [-0.3, -0.25) is 19.2 Å². The van der Waals surface area contributed by atoms with E-state index in [-0.39, 0.29) is 49.4 Å². The first-order valence-corrected chi connectivity index (χ1v) is 14.0. The number of ketones is 1. The van der Waals surface area contributed by atoms with E-state index in [0.29, 0.717) is 21.9 Å². The standard InChI is InChI=1S/C19H26N2O6.C11H13ClN2O/c1-13(22)5-10-16(18(24)20-12-11-17(23)27-4)21(2)19(25)14-6-8-15(26-3)9-7-14;12-9-3-1-2-8(6-9)11(15)14-10-4-5-13-7-10/h6-9,16H,5,10-12H2,1-4H3,(H,20,24);1-3,6,10,13H,4-5,7H2,(H,14,15). The summed E-state index contributed by atoms with van der Waals surface area (Å²) in [6.45, 7) is 3.34. The van der Waals surface area contributed by atoms with E-state index in [1.165, 1.54) is 33.1 Å². The van der Waals surface area contributed by atoms with Crippen molar-refractivity contribution < 1.29 is 33.4 Å². The molecule has 0 saturated carbocycles. The van der Waals surface area contributed by atoms with Crippen LogP contribution in [0.5, 0.6) is 5.75 Å². The van der Waals surface area contributed by atoms with Gasteiger partial charge in [-0.15, -0.1) is 0 Å². The third kappa shape index (κ3) is 11.5. The van der Waals surface area contributed by atoms with E-state index < -0.39 is 17.9 Å². The quantitative estimate of drug-likeness (QED) is 0.315. The molecule has 12 heteroatoms. The van der Waals surface area contributed by atoms with Crippen LogP contribution in [-0.2, 0) is 19.1 Å². The molecule has 0 aromatic heterocycles. The zero-order valence-electron chi connectivity index (χ0n) is 24.4. The average Bonchev–Trinajstić information content (AvgIpc) is 3.50. The van der Waals surface area contributed by atoms with Gasteiger partial charge in [0.2, 0.25) is 5.91 Å². The maximum Gasteiger partial charge on any atom is 0.307 e. The Bertz CT molecular complexity index is 1220. The smallest absolute Gasteiger partial charge is 0.307 e. The first kappa shape index (κ1) is 34.2. The fourth-order valence-corrected chi connectivity index (χ4v) is 4.29. The van der Waals surface area contributed by atoms with Crippen LogP contribution in [-0.4, -0.2) is 87.4 Å². The first-order valence-electron chi connectivity index (χ1n) is 13.6. The van der Waals surface area contributed by atoms with Crippen LogP contribution in [0.4, 0.5) is 0 Å². The van der Waals surface area contributed by atoms with Gasteiger partial charge >= 0.3 is 5.97 Å². The number of ether oxygens (including phenoxy) is 2. The van der Waals surface area contributed by atoms with Crippen LogP contribution in [0, 0.1) is 0 Å². The van der Waals surface area contributed by atoms with Crippen molar-refractivity contribution in [3.8, 4) is 5.75 Å². The van der Waals surface area contributed by atoms with Gasteiger partial charge in [0.25, 0.3) is 11.8 Å². The molecule has 1 aliphatic rings. The Hall–Kier alpha value is -3.96. The molecule has 42 heavy (non-hydrogen) atoms. The fraction of sp³-hybridized carbons (Fsp3) is 0.433. The molecule has 2 aromatic rings. The number of hydrogen-bond donors (Lipinski definition) is 3. The Morgan fingerprint density at radius 3 is 2.33 bits per heavy atom. The number of carbonyl (C=O) groups excluding carboxylic acids is 5. The van der Waals surface area contributed by atoms with Gasteiger partial charge in [-0.1, -0.05) is 17.7 Å². The van der Waals surface area contributed by atoms with Gasteiger partial charge in [-0.25, -0.2) is 0 Å². The van der Waals surface area contributed by atoms with E-state index in [4.69, 9.17) is 16.3 Å². The van der Waals surface area contributed by atoms with E-state index >= 15 is 0 Å². The Labute approximate surface area is 251 Å². The van der Waals surface area contributed by atoms with E-state index in [0.717, 1.165) is 19.5 Å². The molecule has 0 aliphatic carbocycles. The van der Waals surface area contributed by atoms with Gasteiger partial charge < -0.3 is 35.1 Å². The summed E-state index contributed by atoms with van der Waals surface area (Å²) in [5.41, 5.74) is 1.02. The van der Waals surface area contributed by atoms with Gasteiger partial charge in [0.05, 0.1) is 20.6 Å². The number of halogens is 1. The summed E-state index contributed by atoms with van der Waals surface area (Å²) in [5.74, 6) is -0.737. The van der Waals surface area contributed by atoms with Crippen LogP contribution in [0.2, 0.25) is 5.02 Å². The number of hydrogen-bond acceptors (Lipinski definition) is 8. The maximum atomic E-state index is 12.7. The zero-order chi connectivity index (χ0) is 31.1.